The molecule has 0 bridgehead atoms. The van der Waals surface area contributed by atoms with Crippen LogP contribution in [0.2, 0.25) is 5.02 Å². The second-order valence-corrected chi connectivity index (χ2v) is 4.95. The van der Waals surface area contributed by atoms with Gasteiger partial charge in [-0.15, -0.1) is 0 Å². The van der Waals surface area contributed by atoms with Crippen LogP contribution in [0.3, 0.4) is 0 Å². The number of halogens is 1. The Labute approximate surface area is 127 Å². The van der Waals surface area contributed by atoms with Crippen LogP contribution < -0.4 is 15.8 Å². The fourth-order valence-corrected chi connectivity index (χ4v) is 2.39. The van der Waals surface area contributed by atoms with Gasteiger partial charge < -0.3 is 15.8 Å². The molecule has 0 unspecified atom stereocenters. The van der Waals surface area contributed by atoms with Crippen molar-refractivity contribution in [3.05, 3.63) is 53.7 Å². The van der Waals surface area contributed by atoms with Crippen molar-refractivity contribution >= 4 is 39.6 Å². The molecule has 1 aromatic heterocycles. The second kappa shape index (κ2) is 5.50. The lowest BCUT2D eigenvalue weighted by atomic mass is 10.1. The number of hydrogen-bond acceptors (Lipinski definition) is 4. The van der Waals surface area contributed by atoms with Crippen molar-refractivity contribution in [3.63, 3.8) is 0 Å². The van der Waals surface area contributed by atoms with Gasteiger partial charge in [0, 0.05) is 17.0 Å². The van der Waals surface area contributed by atoms with Crippen LogP contribution in [-0.4, -0.2) is 12.1 Å². The number of fused-ring (bicyclic) bond motifs is 1. The van der Waals surface area contributed by atoms with Crippen LogP contribution in [0.1, 0.15) is 0 Å². The maximum Gasteiger partial charge on any atom is 0.142 e. The highest BCUT2D eigenvalue weighted by Gasteiger charge is 2.09. The van der Waals surface area contributed by atoms with Gasteiger partial charge >= 0.3 is 0 Å². The molecule has 106 valence electrons. The monoisotopic (exact) mass is 299 g/mol. The Balaban J connectivity index is 2.11. The second-order valence-electron chi connectivity index (χ2n) is 4.54. The van der Waals surface area contributed by atoms with Gasteiger partial charge in [0.1, 0.15) is 11.6 Å². The topological polar surface area (TPSA) is 60.2 Å². The van der Waals surface area contributed by atoms with E-state index >= 15 is 0 Å². The van der Waals surface area contributed by atoms with E-state index in [-0.39, 0.29) is 0 Å². The van der Waals surface area contributed by atoms with E-state index in [0.29, 0.717) is 16.5 Å². The van der Waals surface area contributed by atoms with Crippen LogP contribution in [0.25, 0.3) is 10.8 Å². The molecule has 3 N–H and O–H groups in total. The third kappa shape index (κ3) is 2.45. The first-order chi connectivity index (χ1) is 10.2. The summed E-state index contributed by atoms with van der Waals surface area (Å²) >= 11 is 6.06. The number of aromatic nitrogens is 1. The first-order valence-corrected chi connectivity index (χ1v) is 6.81. The summed E-state index contributed by atoms with van der Waals surface area (Å²) in [6.45, 7) is 0. The highest BCUT2D eigenvalue weighted by Crippen LogP contribution is 2.34. The molecule has 4 nitrogen and oxygen atoms in total. The Bertz CT molecular complexity index is 805. The Morgan fingerprint density at radius 3 is 2.71 bits per heavy atom. The maximum atomic E-state index is 6.06. The quantitative estimate of drug-likeness (QED) is 0.711. The highest BCUT2D eigenvalue weighted by molar-refractivity contribution is 6.34. The molecule has 0 spiro atoms. The number of nitrogens with zero attached hydrogens (tertiary/aromatic N) is 1. The minimum atomic E-state index is 0.539. The van der Waals surface area contributed by atoms with Crippen LogP contribution in [-0.2, 0) is 0 Å². The average Bonchev–Trinajstić information content (AvgIpc) is 2.52. The van der Waals surface area contributed by atoms with Crippen molar-refractivity contribution in [2.24, 2.45) is 0 Å². The predicted octanol–water partition coefficient (Wildman–Crippen LogP) is 4.22. The summed E-state index contributed by atoms with van der Waals surface area (Å²) in [5.41, 5.74) is 7.42. The van der Waals surface area contributed by atoms with E-state index in [9.17, 15) is 0 Å². The first-order valence-electron chi connectivity index (χ1n) is 6.43. The van der Waals surface area contributed by atoms with E-state index in [1.54, 1.807) is 19.4 Å². The van der Waals surface area contributed by atoms with Crippen LogP contribution in [0.4, 0.5) is 17.2 Å². The van der Waals surface area contributed by atoms with Crippen molar-refractivity contribution in [2.45, 2.75) is 0 Å². The number of nitrogens with one attached hydrogen (secondary N) is 1. The number of pyridine rings is 1. The van der Waals surface area contributed by atoms with E-state index in [0.717, 1.165) is 22.2 Å². The zero-order chi connectivity index (χ0) is 14.8. The molecule has 0 aliphatic rings. The summed E-state index contributed by atoms with van der Waals surface area (Å²) in [5, 5.41) is 5.60. The summed E-state index contributed by atoms with van der Waals surface area (Å²) in [6.07, 6.45) is 1.70. The smallest absolute Gasteiger partial charge is 0.142 e. The number of nitrogen functional groups attached to an aromatic ring is 1. The molecule has 0 atom stereocenters. The largest absolute Gasteiger partial charge is 0.495 e. The summed E-state index contributed by atoms with van der Waals surface area (Å²) in [5.74, 6) is 1.46. The molecule has 0 saturated carbocycles. The number of rotatable bonds is 3. The molecular weight excluding hydrogens is 286 g/mol. The number of methoxy groups -OCH3 is 1. The van der Waals surface area contributed by atoms with Crippen LogP contribution >= 0.6 is 11.6 Å². The molecule has 0 fully saturated rings. The van der Waals surface area contributed by atoms with E-state index in [2.05, 4.69) is 10.3 Å². The van der Waals surface area contributed by atoms with Crippen LogP contribution in [0.5, 0.6) is 5.75 Å². The normalized spacial score (nSPS) is 10.6. The molecule has 0 radical (unpaired) electrons. The lowest BCUT2D eigenvalue weighted by Crippen LogP contribution is -1.98. The van der Waals surface area contributed by atoms with E-state index < -0.39 is 0 Å². The molecule has 1 heterocycles. The third-order valence-corrected chi connectivity index (χ3v) is 3.62. The summed E-state index contributed by atoms with van der Waals surface area (Å²) in [7, 11) is 1.63. The Morgan fingerprint density at radius 2 is 1.90 bits per heavy atom. The SMILES string of the molecule is COc1ccccc1Nc1nccc2c(N)c(Cl)ccc12. The first kappa shape index (κ1) is 13.5. The number of benzene rings is 2. The van der Waals surface area contributed by atoms with E-state index in [1.165, 1.54) is 0 Å². The molecule has 3 aromatic rings. The number of hydrogen-bond donors (Lipinski definition) is 2. The highest BCUT2D eigenvalue weighted by atomic mass is 35.5. The molecule has 5 heteroatoms. The van der Waals surface area contributed by atoms with Crippen molar-refractivity contribution in [1.82, 2.24) is 4.98 Å². The molecule has 21 heavy (non-hydrogen) atoms. The zero-order valence-electron chi connectivity index (χ0n) is 11.4. The Morgan fingerprint density at radius 1 is 1.10 bits per heavy atom. The van der Waals surface area contributed by atoms with Crippen LogP contribution in [0, 0.1) is 0 Å². The number of anilines is 3. The van der Waals surface area contributed by atoms with Gasteiger partial charge in [0.25, 0.3) is 0 Å². The number of para-hydroxylation sites is 2. The van der Waals surface area contributed by atoms with Gasteiger partial charge in [-0.2, -0.15) is 0 Å². The fourth-order valence-electron chi connectivity index (χ4n) is 2.23. The lowest BCUT2D eigenvalue weighted by molar-refractivity contribution is 0.417. The van der Waals surface area contributed by atoms with Crippen molar-refractivity contribution < 1.29 is 4.74 Å². The molecule has 0 amide bonds. The fraction of sp³-hybridized carbons (Fsp3) is 0.0625. The summed E-state index contributed by atoms with van der Waals surface area (Å²) < 4.78 is 5.34. The van der Waals surface area contributed by atoms with Gasteiger partial charge in [0.2, 0.25) is 0 Å². The molecule has 3 rings (SSSR count). The molecule has 0 saturated heterocycles. The van der Waals surface area contributed by atoms with Gasteiger partial charge in [-0.05, 0) is 30.3 Å². The van der Waals surface area contributed by atoms with Gasteiger partial charge in [0.15, 0.2) is 0 Å². The average molecular weight is 300 g/mol. The molecule has 0 aliphatic carbocycles. The molecule has 0 aliphatic heterocycles. The zero-order valence-corrected chi connectivity index (χ0v) is 12.2. The minimum absolute atomic E-state index is 0.539. The van der Waals surface area contributed by atoms with Gasteiger partial charge in [-0.1, -0.05) is 23.7 Å². The maximum absolute atomic E-state index is 6.06. The standard InChI is InChI=1S/C16H14ClN3O/c1-21-14-5-3-2-4-13(14)20-16-11-6-7-12(17)15(18)10(11)8-9-19-16/h2-9H,18H2,1H3,(H,19,20). The summed E-state index contributed by atoms with van der Waals surface area (Å²) in [6, 6.07) is 13.2. The van der Waals surface area contributed by atoms with E-state index in [4.69, 9.17) is 22.1 Å². The lowest BCUT2D eigenvalue weighted by Gasteiger charge is -2.13. The minimum Gasteiger partial charge on any atom is -0.495 e. The van der Waals surface area contributed by atoms with E-state index in [1.807, 2.05) is 36.4 Å². The van der Waals surface area contributed by atoms with Gasteiger partial charge in [-0.3, -0.25) is 0 Å². The van der Waals surface area contributed by atoms with Crippen molar-refractivity contribution in [1.29, 1.82) is 0 Å². The number of nitrogens with two attached hydrogens (primary N) is 1. The summed E-state index contributed by atoms with van der Waals surface area (Å²) in [4.78, 5) is 4.38. The third-order valence-electron chi connectivity index (χ3n) is 3.29. The Kier molecular flexibility index (Phi) is 3.54. The predicted molar refractivity (Wildman–Crippen MR) is 87.4 cm³/mol. The van der Waals surface area contributed by atoms with Crippen molar-refractivity contribution in [2.75, 3.05) is 18.2 Å². The molecular formula is C16H14ClN3O. The van der Waals surface area contributed by atoms with Gasteiger partial charge in [-0.25, -0.2) is 4.98 Å². The van der Waals surface area contributed by atoms with Crippen LogP contribution in [0.15, 0.2) is 48.7 Å². The number of ether oxygens (including phenoxy) is 1. The van der Waals surface area contributed by atoms with Gasteiger partial charge in [0.05, 0.1) is 23.5 Å². The Hall–Kier alpha value is -2.46. The molecule has 2 aromatic carbocycles. The van der Waals surface area contributed by atoms with Crippen molar-refractivity contribution in [3.8, 4) is 5.75 Å².